The van der Waals surface area contributed by atoms with Gasteiger partial charge in [-0.1, -0.05) is 18.9 Å². The molecule has 0 radical (unpaired) electrons. The fourth-order valence-corrected chi connectivity index (χ4v) is 3.79. The lowest BCUT2D eigenvalue weighted by Gasteiger charge is -2.34. The fraction of sp³-hybridized carbons (Fsp3) is 0.667. The summed E-state index contributed by atoms with van der Waals surface area (Å²) in [6.07, 6.45) is 14.6. The zero-order chi connectivity index (χ0) is 15.2. The summed E-state index contributed by atoms with van der Waals surface area (Å²) in [5, 5.41) is 3.56. The molecule has 4 nitrogen and oxygen atoms in total. The van der Waals surface area contributed by atoms with Crippen molar-refractivity contribution in [2.24, 2.45) is 5.92 Å². The molecule has 1 saturated heterocycles. The first kappa shape index (κ1) is 15.5. The Hall–Kier alpha value is -1.42. The summed E-state index contributed by atoms with van der Waals surface area (Å²) in [5.41, 5.74) is 0.979. The molecule has 1 aliphatic heterocycles. The molecule has 1 saturated carbocycles. The third kappa shape index (κ3) is 4.29. The van der Waals surface area contributed by atoms with Crippen LogP contribution in [0, 0.1) is 5.92 Å². The Morgan fingerprint density at radius 2 is 2.05 bits per heavy atom. The number of allylic oxidation sites excluding steroid dienone is 1. The first-order valence-electron chi connectivity index (χ1n) is 8.74. The maximum absolute atomic E-state index is 4.48. The van der Waals surface area contributed by atoms with Gasteiger partial charge in [-0.2, -0.15) is 0 Å². The van der Waals surface area contributed by atoms with Crippen LogP contribution < -0.4 is 5.32 Å². The number of likely N-dealkylation sites (tertiary alicyclic amines) is 1. The zero-order valence-electron chi connectivity index (χ0n) is 13.5. The second kappa shape index (κ2) is 7.73. The predicted octanol–water partition coefficient (Wildman–Crippen LogP) is 3.27. The Morgan fingerprint density at radius 3 is 2.77 bits per heavy atom. The number of nitrogens with one attached hydrogen (secondary N) is 1. The van der Waals surface area contributed by atoms with E-state index in [4.69, 9.17) is 0 Å². The van der Waals surface area contributed by atoms with Crippen molar-refractivity contribution in [1.82, 2.24) is 14.9 Å². The van der Waals surface area contributed by atoms with Crippen molar-refractivity contribution in [1.29, 1.82) is 0 Å². The normalized spacial score (nSPS) is 23.5. The summed E-state index contributed by atoms with van der Waals surface area (Å²) in [6.45, 7) is 7.44. The lowest BCUT2D eigenvalue weighted by Crippen LogP contribution is -2.43. The van der Waals surface area contributed by atoms with E-state index in [2.05, 4.69) is 26.8 Å². The Bertz CT molecular complexity index is 464. The molecule has 120 valence electrons. The molecule has 0 unspecified atom stereocenters. The second-order valence-electron chi connectivity index (χ2n) is 6.78. The van der Waals surface area contributed by atoms with E-state index in [0.717, 1.165) is 30.4 Å². The summed E-state index contributed by atoms with van der Waals surface area (Å²) in [6, 6.07) is 0.509. The first-order chi connectivity index (χ1) is 10.8. The molecule has 2 heterocycles. The Morgan fingerprint density at radius 1 is 1.18 bits per heavy atom. The number of piperidine rings is 1. The summed E-state index contributed by atoms with van der Waals surface area (Å²) in [5.74, 6) is 1.84. The molecule has 2 aliphatic rings. The van der Waals surface area contributed by atoms with Crippen molar-refractivity contribution in [2.45, 2.75) is 51.0 Å². The maximum Gasteiger partial charge on any atom is 0.144 e. The molecule has 0 amide bonds. The lowest BCUT2D eigenvalue weighted by atomic mass is 10.0. The molecule has 0 spiro atoms. The van der Waals surface area contributed by atoms with Crippen LogP contribution in [-0.2, 0) is 6.42 Å². The minimum Gasteiger partial charge on any atom is -0.365 e. The SMILES string of the molecule is C=CCc1cnc(N[C@@H]2CCCN(CC3CCCC3)C2)cn1. The predicted molar refractivity (Wildman–Crippen MR) is 91.0 cm³/mol. The minimum atomic E-state index is 0.509. The number of hydrogen-bond donors (Lipinski definition) is 1. The standard InChI is InChI=1S/C18H28N4/c1-2-6-16-11-20-18(12-19-16)21-17-9-5-10-22(14-17)13-15-7-3-4-8-15/h2,11-12,15,17H,1,3-10,13-14H2,(H,20,21)/t17-/m1/s1. The number of nitrogens with zero attached hydrogens (tertiary/aromatic N) is 3. The van der Waals surface area contributed by atoms with E-state index >= 15 is 0 Å². The van der Waals surface area contributed by atoms with Crippen LogP contribution in [0.5, 0.6) is 0 Å². The van der Waals surface area contributed by atoms with Crippen LogP contribution in [0.25, 0.3) is 0 Å². The highest BCUT2D eigenvalue weighted by Crippen LogP contribution is 2.26. The number of aromatic nitrogens is 2. The van der Waals surface area contributed by atoms with Crippen LogP contribution in [0.4, 0.5) is 5.82 Å². The molecule has 1 aliphatic carbocycles. The van der Waals surface area contributed by atoms with Gasteiger partial charge in [-0.3, -0.25) is 4.98 Å². The van der Waals surface area contributed by atoms with Crippen LogP contribution >= 0.6 is 0 Å². The van der Waals surface area contributed by atoms with Gasteiger partial charge in [0.15, 0.2) is 0 Å². The molecule has 1 atom stereocenters. The average molecular weight is 300 g/mol. The highest BCUT2D eigenvalue weighted by Gasteiger charge is 2.24. The van der Waals surface area contributed by atoms with E-state index in [1.807, 2.05) is 18.5 Å². The molecule has 1 aromatic rings. The van der Waals surface area contributed by atoms with Gasteiger partial charge in [0.2, 0.25) is 0 Å². The highest BCUT2D eigenvalue weighted by molar-refractivity contribution is 5.33. The van der Waals surface area contributed by atoms with Crippen molar-refractivity contribution in [3.8, 4) is 0 Å². The molecule has 0 bridgehead atoms. The summed E-state index contributed by atoms with van der Waals surface area (Å²) >= 11 is 0. The summed E-state index contributed by atoms with van der Waals surface area (Å²) < 4.78 is 0. The summed E-state index contributed by atoms with van der Waals surface area (Å²) in [4.78, 5) is 11.6. The van der Waals surface area contributed by atoms with Crippen molar-refractivity contribution in [3.63, 3.8) is 0 Å². The molecule has 4 heteroatoms. The van der Waals surface area contributed by atoms with Crippen molar-refractivity contribution < 1.29 is 0 Å². The van der Waals surface area contributed by atoms with Crippen molar-refractivity contribution >= 4 is 5.82 Å². The van der Waals surface area contributed by atoms with Gasteiger partial charge in [0.1, 0.15) is 5.82 Å². The van der Waals surface area contributed by atoms with Gasteiger partial charge in [-0.25, -0.2) is 4.98 Å². The van der Waals surface area contributed by atoms with E-state index in [1.165, 1.54) is 51.6 Å². The van der Waals surface area contributed by atoms with Crippen LogP contribution in [0.3, 0.4) is 0 Å². The number of anilines is 1. The zero-order valence-corrected chi connectivity index (χ0v) is 13.5. The Kier molecular flexibility index (Phi) is 5.43. The largest absolute Gasteiger partial charge is 0.365 e. The first-order valence-corrected chi connectivity index (χ1v) is 8.74. The topological polar surface area (TPSA) is 41.1 Å². The molecular formula is C18H28N4. The Balaban J connectivity index is 1.49. The number of rotatable bonds is 6. The molecule has 1 N–H and O–H groups in total. The molecular weight excluding hydrogens is 272 g/mol. The van der Waals surface area contributed by atoms with Gasteiger partial charge in [0, 0.05) is 25.6 Å². The molecule has 3 rings (SSSR count). The molecule has 22 heavy (non-hydrogen) atoms. The van der Waals surface area contributed by atoms with Gasteiger partial charge in [0.05, 0.1) is 18.1 Å². The van der Waals surface area contributed by atoms with Crippen LogP contribution in [-0.4, -0.2) is 40.5 Å². The van der Waals surface area contributed by atoms with Gasteiger partial charge in [-0.05, 0) is 38.1 Å². The quantitative estimate of drug-likeness (QED) is 0.819. The molecule has 0 aromatic carbocycles. The monoisotopic (exact) mass is 300 g/mol. The van der Waals surface area contributed by atoms with Crippen molar-refractivity contribution in [2.75, 3.05) is 25.0 Å². The van der Waals surface area contributed by atoms with Crippen LogP contribution in [0.1, 0.15) is 44.2 Å². The second-order valence-corrected chi connectivity index (χ2v) is 6.78. The smallest absolute Gasteiger partial charge is 0.144 e. The highest BCUT2D eigenvalue weighted by atomic mass is 15.2. The van der Waals surface area contributed by atoms with E-state index in [0.29, 0.717) is 6.04 Å². The molecule has 1 aromatic heterocycles. The van der Waals surface area contributed by atoms with Gasteiger partial charge in [0.25, 0.3) is 0 Å². The van der Waals surface area contributed by atoms with Gasteiger partial charge < -0.3 is 10.2 Å². The summed E-state index contributed by atoms with van der Waals surface area (Å²) in [7, 11) is 0. The molecule has 2 fully saturated rings. The van der Waals surface area contributed by atoms with Crippen molar-refractivity contribution in [3.05, 3.63) is 30.7 Å². The van der Waals surface area contributed by atoms with E-state index < -0.39 is 0 Å². The number of hydrogen-bond acceptors (Lipinski definition) is 4. The fourth-order valence-electron chi connectivity index (χ4n) is 3.79. The Labute approximate surface area is 134 Å². The lowest BCUT2D eigenvalue weighted by molar-refractivity contribution is 0.186. The third-order valence-electron chi connectivity index (χ3n) is 4.91. The minimum absolute atomic E-state index is 0.509. The van der Waals surface area contributed by atoms with Gasteiger partial charge in [-0.15, -0.1) is 6.58 Å². The average Bonchev–Trinajstić information content (AvgIpc) is 3.03. The third-order valence-corrected chi connectivity index (χ3v) is 4.91. The van der Waals surface area contributed by atoms with E-state index in [9.17, 15) is 0 Å². The van der Waals surface area contributed by atoms with Crippen LogP contribution in [0.2, 0.25) is 0 Å². The maximum atomic E-state index is 4.48. The van der Waals surface area contributed by atoms with E-state index in [1.54, 1.807) is 0 Å². The van der Waals surface area contributed by atoms with E-state index in [-0.39, 0.29) is 0 Å². The van der Waals surface area contributed by atoms with Crippen LogP contribution in [0.15, 0.2) is 25.0 Å². The van der Waals surface area contributed by atoms with Gasteiger partial charge >= 0.3 is 0 Å².